The van der Waals surface area contributed by atoms with Gasteiger partial charge in [0.25, 0.3) is 0 Å². The third-order valence-electron chi connectivity index (χ3n) is 4.71. The molecule has 24 heavy (non-hydrogen) atoms. The fourth-order valence-electron chi connectivity index (χ4n) is 2.87. The van der Waals surface area contributed by atoms with E-state index in [1.54, 1.807) is 19.1 Å². The second-order valence-electron chi connectivity index (χ2n) is 6.47. The minimum Gasteiger partial charge on any atom is -0.462 e. The van der Waals surface area contributed by atoms with Crippen LogP contribution in [0.3, 0.4) is 0 Å². The SMILES string of the molecule is CCCCNC(=O)C1(C)CCN1Cc1ccc(C(=O)OCC)cc1. The van der Waals surface area contributed by atoms with E-state index in [0.717, 1.165) is 37.9 Å². The Morgan fingerprint density at radius 3 is 2.50 bits per heavy atom. The van der Waals surface area contributed by atoms with Crippen molar-refractivity contribution in [2.75, 3.05) is 19.7 Å². The topological polar surface area (TPSA) is 58.6 Å². The number of ether oxygens (including phenoxy) is 1. The molecule has 132 valence electrons. The van der Waals surface area contributed by atoms with E-state index in [2.05, 4.69) is 17.1 Å². The number of rotatable bonds is 8. The molecule has 1 aromatic carbocycles. The molecule has 0 radical (unpaired) electrons. The molecule has 0 bridgehead atoms. The molecular formula is C19H28N2O3. The molecule has 0 aliphatic carbocycles. The molecule has 1 unspecified atom stereocenters. The molecule has 0 spiro atoms. The second kappa shape index (κ2) is 8.29. The maximum atomic E-state index is 12.4. The fourth-order valence-corrected chi connectivity index (χ4v) is 2.87. The molecule has 1 saturated heterocycles. The van der Waals surface area contributed by atoms with Gasteiger partial charge in [-0.1, -0.05) is 25.5 Å². The summed E-state index contributed by atoms with van der Waals surface area (Å²) in [7, 11) is 0. The first-order valence-corrected chi connectivity index (χ1v) is 8.80. The largest absolute Gasteiger partial charge is 0.462 e. The summed E-state index contributed by atoms with van der Waals surface area (Å²) >= 11 is 0. The van der Waals surface area contributed by atoms with E-state index in [-0.39, 0.29) is 11.9 Å². The number of hydrogen-bond donors (Lipinski definition) is 1. The Labute approximate surface area is 144 Å². The highest BCUT2D eigenvalue weighted by atomic mass is 16.5. The van der Waals surface area contributed by atoms with Crippen molar-refractivity contribution >= 4 is 11.9 Å². The van der Waals surface area contributed by atoms with Crippen LogP contribution in [0.15, 0.2) is 24.3 Å². The average molecular weight is 332 g/mol. The molecular weight excluding hydrogens is 304 g/mol. The van der Waals surface area contributed by atoms with Crippen LogP contribution in [0.25, 0.3) is 0 Å². The number of unbranched alkanes of at least 4 members (excludes halogenated alkanes) is 1. The number of amides is 1. The lowest BCUT2D eigenvalue weighted by Crippen LogP contribution is -2.65. The third kappa shape index (κ3) is 4.15. The Bertz CT molecular complexity index is 570. The van der Waals surface area contributed by atoms with Crippen molar-refractivity contribution < 1.29 is 14.3 Å². The summed E-state index contributed by atoms with van der Waals surface area (Å²) in [5.41, 5.74) is 1.23. The van der Waals surface area contributed by atoms with Gasteiger partial charge in [-0.05, 0) is 44.4 Å². The van der Waals surface area contributed by atoms with Gasteiger partial charge >= 0.3 is 5.97 Å². The molecule has 0 aromatic heterocycles. The predicted octanol–water partition coefficient (Wildman–Crippen LogP) is 2.74. The predicted molar refractivity (Wildman–Crippen MR) is 93.7 cm³/mol. The van der Waals surface area contributed by atoms with Crippen molar-refractivity contribution in [2.24, 2.45) is 0 Å². The quantitative estimate of drug-likeness (QED) is 0.587. The lowest BCUT2D eigenvalue weighted by molar-refractivity contribution is -0.141. The number of carbonyl (C=O) groups is 2. The zero-order chi connectivity index (χ0) is 17.6. The Hall–Kier alpha value is -1.88. The van der Waals surface area contributed by atoms with Gasteiger partial charge in [-0.2, -0.15) is 0 Å². The highest BCUT2D eigenvalue weighted by Gasteiger charge is 2.46. The summed E-state index contributed by atoms with van der Waals surface area (Å²) < 4.78 is 4.99. The summed E-state index contributed by atoms with van der Waals surface area (Å²) in [5.74, 6) is -0.182. The standard InChI is InChI=1S/C19H28N2O3/c1-4-6-12-20-18(23)19(3)11-13-21(19)14-15-7-9-16(10-8-15)17(22)24-5-2/h7-10H,4-6,11-14H2,1-3H3,(H,20,23). The number of nitrogens with one attached hydrogen (secondary N) is 1. The van der Waals surface area contributed by atoms with Crippen LogP contribution in [0.4, 0.5) is 0 Å². The van der Waals surface area contributed by atoms with E-state index in [4.69, 9.17) is 4.74 Å². The highest BCUT2D eigenvalue weighted by molar-refractivity contribution is 5.89. The van der Waals surface area contributed by atoms with Crippen molar-refractivity contribution in [3.63, 3.8) is 0 Å². The zero-order valence-corrected chi connectivity index (χ0v) is 14.9. The number of hydrogen-bond acceptors (Lipinski definition) is 4. The van der Waals surface area contributed by atoms with Crippen molar-refractivity contribution in [2.45, 2.75) is 52.1 Å². The first kappa shape index (κ1) is 18.5. The van der Waals surface area contributed by atoms with Gasteiger partial charge in [-0.25, -0.2) is 4.79 Å². The number of esters is 1. The van der Waals surface area contributed by atoms with Gasteiger partial charge in [0.15, 0.2) is 0 Å². The van der Waals surface area contributed by atoms with Gasteiger partial charge in [0.05, 0.1) is 17.7 Å². The Morgan fingerprint density at radius 2 is 1.96 bits per heavy atom. The molecule has 5 nitrogen and oxygen atoms in total. The van der Waals surface area contributed by atoms with Gasteiger partial charge in [0.2, 0.25) is 5.91 Å². The lowest BCUT2D eigenvalue weighted by Gasteiger charge is -2.49. The summed E-state index contributed by atoms with van der Waals surface area (Å²) in [4.78, 5) is 26.3. The Kier molecular flexibility index (Phi) is 6.37. The molecule has 1 aliphatic rings. The highest BCUT2D eigenvalue weighted by Crippen LogP contribution is 2.32. The maximum absolute atomic E-state index is 12.4. The minimum absolute atomic E-state index is 0.116. The molecule has 1 heterocycles. The molecule has 1 N–H and O–H groups in total. The zero-order valence-electron chi connectivity index (χ0n) is 14.9. The van der Waals surface area contributed by atoms with Gasteiger partial charge < -0.3 is 10.1 Å². The van der Waals surface area contributed by atoms with Crippen molar-refractivity contribution in [3.05, 3.63) is 35.4 Å². The van der Waals surface area contributed by atoms with Crippen LogP contribution < -0.4 is 5.32 Å². The van der Waals surface area contributed by atoms with Crippen molar-refractivity contribution in [1.82, 2.24) is 10.2 Å². The van der Waals surface area contributed by atoms with Gasteiger partial charge in [0.1, 0.15) is 0 Å². The third-order valence-corrected chi connectivity index (χ3v) is 4.71. The molecule has 2 rings (SSSR count). The van der Waals surface area contributed by atoms with E-state index in [9.17, 15) is 9.59 Å². The summed E-state index contributed by atoms with van der Waals surface area (Å²) in [6, 6.07) is 7.43. The number of benzene rings is 1. The normalized spacial score (nSPS) is 20.3. The molecule has 5 heteroatoms. The molecule has 1 fully saturated rings. The van der Waals surface area contributed by atoms with E-state index in [0.29, 0.717) is 18.7 Å². The van der Waals surface area contributed by atoms with Gasteiger partial charge in [0, 0.05) is 19.6 Å². The van der Waals surface area contributed by atoms with E-state index in [1.807, 2.05) is 19.1 Å². The van der Waals surface area contributed by atoms with Crippen LogP contribution >= 0.6 is 0 Å². The molecule has 0 saturated carbocycles. The van der Waals surface area contributed by atoms with E-state index >= 15 is 0 Å². The van der Waals surface area contributed by atoms with Crippen LogP contribution in [0.2, 0.25) is 0 Å². The van der Waals surface area contributed by atoms with Crippen LogP contribution in [-0.2, 0) is 16.1 Å². The Morgan fingerprint density at radius 1 is 1.25 bits per heavy atom. The summed E-state index contributed by atoms with van der Waals surface area (Å²) in [6.45, 7) is 8.65. The number of carbonyl (C=O) groups excluding carboxylic acids is 2. The maximum Gasteiger partial charge on any atom is 0.338 e. The number of nitrogens with zero attached hydrogens (tertiary/aromatic N) is 1. The monoisotopic (exact) mass is 332 g/mol. The van der Waals surface area contributed by atoms with E-state index in [1.165, 1.54) is 0 Å². The molecule has 1 aromatic rings. The van der Waals surface area contributed by atoms with Crippen LogP contribution in [0, 0.1) is 0 Å². The second-order valence-corrected chi connectivity index (χ2v) is 6.47. The fraction of sp³-hybridized carbons (Fsp3) is 0.579. The van der Waals surface area contributed by atoms with Crippen molar-refractivity contribution in [3.8, 4) is 0 Å². The average Bonchev–Trinajstić information content (AvgIpc) is 2.58. The number of likely N-dealkylation sites (tertiary alicyclic amines) is 1. The first-order valence-electron chi connectivity index (χ1n) is 8.80. The Balaban J connectivity index is 1.93. The smallest absolute Gasteiger partial charge is 0.338 e. The van der Waals surface area contributed by atoms with Crippen LogP contribution in [0.1, 0.15) is 56.0 Å². The molecule has 1 amide bonds. The summed E-state index contributed by atoms with van der Waals surface area (Å²) in [6.07, 6.45) is 2.97. The van der Waals surface area contributed by atoms with Gasteiger partial charge in [-0.15, -0.1) is 0 Å². The molecule has 1 aliphatic heterocycles. The first-order chi connectivity index (χ1) is 11.5. The molecule has 1 atom stereocenters. The van der Waals surface area contributed by atoms with Crippen molar-refractivity contribution in [1.29, 1.82) is 0 Å². The van der Waals surface area contributed by atoms with Gasteiger partial charge in [-0.3, -0.25) is 9.69 Å². The lowest BCUT2D eigenvalue weighted by atomic mass is 9.85. The van der Waals surface area contributed by atoms with Crippen LogP contribution in [0.5, 0.6) is 0 Å². The minimum atomic E-state index is -0.423. The summed E-state index contributed by atoms with van der Waals surface area (Å²) in [5, 5.41) is 3.04. The van der Waals surface area contributed by atoms with E-state index < -0.39 is 5.54 Å². The van der Waals surface area contributed by atoms with Crippen LogP contribution in [-0.4, -0.2) is 42.0 Å².